The molecule has 9 heteroatoms. The number of anilines is 1. The molecular weight excluding hydrogens is 434 g/mol. The predicted molar refractivity (Wildman–Crippen MR) is 122 cm³/mol. The number of amides is 2. The van der Waals surface area contributed by atoms with E-state index in [2.05, 4.69) is 10.0 Å². The van der Waals surface area contributed by atoms with Gasteiger partial charge in [0.15, 0.2) is 0 Å². The van der Waals surface area contributed by atoms with Gasteiger partial charge in [0.25, 0.3) is 0 Å². The van der Waals surface area contributed by atoms with Gasteiger partial charge in [-0.15, -0.1) is 11.8 Å². The van der Waals surface area contributed by atoms with Crippen LogP contribution in [0, 0.1) is 5.92 Å². The number of sulfonamides is 1. The normalized spacial score (nSPS) is 23.0. The number of hydrogen-bond donors (Lipinski definition) is 2. The van der Waals surface area contributed by atoms with Crippen LogP contribution in [0.5, 0.6) is 0 Å². The Bertz CT molecular complexity index is 921. The van der Waals surface area contributed by atoms with Crippen molar-refractivity contribution in [3.63, 3.8) is 0 Å². The van der Waals surface area contributed by atoms with Gasteiger partial charge < -0.3 is 10.2 Å². The summed E-state index contributed by atoms with van der Waals surface area (Å²) >= 11 is 1.49. The highest BCUT2D eigenvalue weighted by atomic mass is 32.2. The second kappa shape index (κ2) is 9.92. The van der Waals surface area contributed by atoms with Crippen molar-refractivity contribution < 1.29 is 18.0 Å². The first-order chi connectivity index (χ1) is 14.9. The van der Waals surface area contributed by atoms with Crippen LogP contribution in [0.2, 0.25) is 0 Å². The third-order valence-corrected chi connectivity index (χ3v) is 9.14. The third-order valence-electron chi connectivity index (χ3n) is 6.39. The van der Waals surface area contributed by atoms with Crippen molar-refractivity contribution in [3.8, 4) is 0 Å². The first-order valence-electron chi connectivity index (χ1n) is 11.3. The smallest absolute Gasteiger partial charge is 0.240 e. The second-order valence-electron chi connectivity index (χ2n) is 8.76. The summed E-state index contributed by atoms with van der Waals surface area (Å²) in [6, 6.07) is 4.87. The summed E-state index contributed by atoms with van der Waals surface area (Å²) in [7, 11) is -3.65. The molecule has 0 aromatic heterocycles. The monoisotopic (exact) mass is 465 g/mol. The molecule has 1 unspecified atom stereocenters. The highest BCUT2D eigenvalue weighted by Crippen LogP contribution is 2.35. The topological polar surface area (TPSA) is 95.6 Å². The van der Waals surface area contributed by atoms with Gasteiger partial charge in [-0.3, -0.25) is 9.59 Å². The molecule has 31 heavy (non-hydrogen) atoms. The van der Waals surface area contributed by atoms with Crippen LogP contribution in [-0.2, 0) is 19.6 Å². The molecule has 1 saturated heterocycles. The molecule has 7 nitrogen and oxygen atoms in total. The lowest BCUT2D eigenvalue weighted by molar-refractivity contribution is -0.133. The van der Waals surface area contributed by atoms with E-state index < -0.39 is 15.9 Å². The van der Waals surface area contributed by atoms with Crippen LogP contribution in [0.4, 0.5) is 5.69 Å². The molecule has 1 aromatic rings. The minimum Gasteiger partial charge on any atom is -0.343 e. The number of benzene rings is 1. The molecule has 2 N–H and O–H groups in total. The Kier molecular flexibility index (Phi) is 7.23. The number of nitrogens with zero attached hydrogens (tertiary/aromatic N) is 1. The fraction of sp³-hybridized carbons (Fsp3) is 0.636. The van der Waals surface area contributed by atoms with E-state index in [1.54, 1.807) is 18.2 Å². The Morgan fingerprint density at radius 3 is 2.52 bits per heavy atom. The predicted octanol–water partition coefficient (Wildman–Crippen LogP) is 3.36. The number of carbonyl (C=O) groups is 2. The highest BCUT2D eigenvalue weighted by Gasteiger charge is 2.30. The molecule has 3 aliphatic rings. The number of carbonyl (C=O) groups excluding carboxylic acids is 2. The van der Waals surface area contributed by atoms with E-state index in [9.17, 15) is 18.0 Å². The lowest BCUT2D eigenvalue weighted by atomic mass is 10.1. The Balaban J connectivity index is 1.44. The Morgan fingerprint density at radius 2 is 1.81 bits per heavy atom. The standard InChI is InChI=1S/C22H31N3O4S2/c26-21(25-11-5-6-12-25)13-16-15-30-20-10-9-18(14-19(20)23-22(16)27)31(28,29)24-17-7-3-1-2-4-8-17/h9-10,14,16-17,24H,1-8,11-13,15H2,(H,23,27). The van der Waals surface area contributed by atoms with Crippen molar-refractivity contribution in [3.05, 3.63) is 18.2 Å². The van der Waals surface area contributed by atoms with Crippen LogP contribution in [0.1, 0.15) is 57.8 Å². The maximum Gasteiger partial charge on any atom is 0.240 e. The van der Waals surface area contributed by atoms with Crippen LogP contribution in [0.25, 0.3) is 0 Å². The maximum absolute atomic E-state index is 12.9. The number of rotatable bonds is 5. The van der Waals surface area contributed by atoms with Gasteiger partial charge in [0.2, 0.25) is 21.8 Å². The van der Waals surface area contributed by atoms with Crippen molar-refractivity contribution >= 4 is 39.3 Å². The summed E-state index contributed by atoms with van der Waals surface area (Å²) in [6.45, 7) is 1.55. The van der Waals surface area contributed by atoms with Crippen LogP contribution in [-0.4, -0.2) is 50.0 Å². The molecule has 2 aliphatic heterocycles. The van der Waals surface area contributed by atoms with E-state index in [1.165, 1.54) is 11.8 Å². The van der Waals surface area contributed by atoms with Gasteiger partial charge in [-0.1, -0.05) is 25.7 Å². The minimum absolute atomic E-state index is 0.0278. The average Bonchev–Trinajstić information content (AvgIpc) is 3.10. The van der Waals surface area contributed by atoms with Crippen molar-refractivity contribution in [2.24, 2.45) is 5.92 Å². The molecule has 0 radical (unpaired) electrons. The molecule has 170 valence electrons. The summed E-state index contributed by atoms with van der Waals surface area (Å²) in [6.07, 6.45) is 8.37. The maximum atomic E-state index is 12.9. The number of hydrogen-bond acceptors (Lipinski definition) is 5. The molecule has 4 rings (SSSR count). The quantitative estimate of drug-likeness (QED) is 0.650. The van der Waals surface area contributed by atoms with E-state index in [-0.39, 0.29) is 29.2 Å². The van der Waals surface area contributed by atoms with E-state index in [4.69, 9.17) is 0 Å². The molecule has 1 aromatic carbocycles. The molecule has 2 amide bonds. The second-order valence-corrected chi connectivity index (χ2v) is 11.5. The van der Waals surface area contributed by atoms with Crippen LogP contribution < -0.4 is 10.0 Å². The summed E-state index contributed by atoms with van der Waals surface area (Å²) in [5.41, 5.74) is 0.509. The largest absolute Gasteiger partial charge is 0.343 e. The lowest BCUT2D eigenvalue weighted by Gasteiger charge is -2.18. The van der Waals surface area contributed by atoms with Crippen LogP contribution in [0.15, 0.2) is 28.0 Å². The number of likely N-dealkylation sites (tertiary alicyclic amines) is 1. The molecule has 1 atom stereocenters. The first kappa shape index (κ1) is 22.6. The van der Waals surface area contributed by atoms with E-state index in [0.29, 0.717) is 11.4 Å². The number of thioether (sulfide) groups is 1. The lowest BCUT2D eigenvalue weighted by Crippen LogP contribution is -2.34. The van der Waals surface area contributed by atoms with Crippen molar-refractivity contribution in [1.82, 2.24) is 9.62 Å². The fourth-order valence-electron chi connectivity index (χ4n) is 4.54. The summed E-state index contributed by atoms with van der Waals surface area (Å²) in [4.78, 5) is 28.1. The zero-order chi connectivity index (χ0) is 21.8. The zero-order valence-corrected chi connectivity index (χ0v) is 19.4. The first-order valence-corrected chi connectivity index (χ1v) is 13.8. The van der Waals surface area contributed by atoms with E-state index >= 15 is 0 Å². The van der Waals surface area contributed by atoms with Gasteiger partial charge in [-0.05, 0) is 43.9 Å². The van der Waals surface area contributed by atoms with Crippen LogP contribution >= 0.6 is 11.8 Å². The highest BCUT2D eigenvalue weighted by molar-refractivity contribution is 7.99. The number of nitrogens with one attached hydrogen (secondary N) is 2. The Morgan fingerprint density at radius 1 is 1.10 bits per heavy atom. The Hall–Kier alpha value is -1.58. The van der Waals surface area contributed by atoms with Gasteiger partial charge in [0.1, 0.15) is 0 Å². The Labute approximate surface area is 188 Å². The molecule has 2 fully saturated rings. The number of fused-ring (bicyclic) bond motifs is 1. The van der Waals surface area contributed by atoms with Gasteiger partial charge in [-0.25, -0.2) is 13.1 Å². The van der Waals surface area contributed by atoms with Gasteiger partial charge in [-0.2, -0.15) is 0 Å². The molecule has 0 bridgehead atoms. The molecule has 2 heterocycles. The van der Waals surface area contributed by atoms with E-state index in [0.717, 1.165) is 69.4 Å². The fourth-order valence-corrected chi connectivity index (χ4v) is 6.95. The van der Waals surface area contributed by atoms with Crippen molar-refractivity contribution in [1.29, 1.82) is 0 Å². The minimum atomic E-state index is -3.65. The third kappa shape index (κ3) is 5.62. The molecule has 1 aliphatic carbocycles. The van der Waals surface area contributed by atoms with Gasteiger partial charge >= 0.3 is 0 Å². The van der Waals surface area contributed by atoms with Crippen molar-refractivity contribution in [2.45, 2.75) is 73.6 Å². The zero-order valence-electron chi connectivity index (χ0n) is 17.8. The van der Waals surface area contributed by atoms with Gasteiger partial charge in [0, 0.05) is 36.2 Å². The SMILES string of the molecule is O=C1Nc2cc(S(=O)(=O)NC3CCCCCC3)ccc2SCC1CC(=O)N1CCCC1. The average molecular weight is 466 g/mol. The summed E-state index contributed by atoms with van der Waals surface area (Å²) in [5.74, 6) is -0.106. The summed E-state index contributed by atoms with van der Waals surface area (Å²) < 4.78 is 28.7. The molecule has 1 saturated carbocycles. The van der Waals surface area contributed by atoms with Crippen LogP contribution in [0.3, 0.4) is 0 Å². The summed E-state index contributed by atoms with van der Waals surface area (Å²) in [5, 5.41) is 2.87. The molecular formula is C22H31N3O4S2. The van der Waals surface area contributed by atoms with Gasteiger partial charge in [0.05, 0.1) is 16.5 Å². The van der Waals surface area contributed by atoms with E-state index in [1.807, 2.05) is 4.90 Å². The molecule has 0 spiro atoms. The van der Waals surface area contributed by atoms with Crippen molar-refractivity contribution in [2.75, 3.05) is 24.2 Å².